The number of hydrogen-bond donors (Lipinski definition) is 3. The molecule has 0 radical (unpaired) electrons. The fourth-order valence-corrected chi connectivity index (χ4v) is 4.42. The number of halogens is 6. The third-order valence-electron chi connectivity index (χ3n) is 6.36. The van der Waals surface area contributed by atoms with Crippen molar-refractivity contribution in [1.82, 2.24) is 9.80 Å². The van der Waals surface area contributed by atoms with Crippen molar-refractivity contribution in [3.8, 4) is 0 Å². The van der Waals surface area contributed by atoms with Crippen LogP contribution in [0.5, 0.6) is 0 Å². The summed E-state index contributed by atoms with van der Waals surface area (Å²) in [5.41, 5.74) is 5.38. The number of fused-ring (bicyclic) bond motifs is 1. The van der Waals surface area contributed by atoms with E-state index < -0.39 is 70.6 Å². The summed E-state index contributed by atoms with van der Waals surface area (Å²) in [7, 11) is 0. The molecule has 1 unspecified atom stereocenters. The lowest BCUT2D eigenvalue weighted by Crippen LogP contribution is -2.54. The Balaban J connectivity index is 0.000000531. The second-order valence-corrected chi connectivity index (χ2v) is 9.33. The first-order valence-corrected chi connectivity index (χ1v) is 12.2. The molecule has 4 rings (SSSR count). The minimum atomic E-state index is -1.37. The molecule has 2 aliphatic heterocycles. The van der Waals surface area contributed by atoms with Crippen LogP contribution in [0.25, 0.3) is 0 Å². The molecule has 0 spiro atoms. The van der Waals surface area contributed by atoms with Crippen molar-refractivity contribution in [2.45, 2.75) is 24.9 Å². The Kier molecular flexibility index (Phi) is 10.2. The van der Waals surface area contributed by atoms with Crippen LogP contribution in [-0.2, 0) is 20.8 Å². The molecule has 2 heterocycles. The van der Waals surface area contributed by atoms with Crippen molar-refractivity contribution >= 4 is 29.6 Å². The molecular weight excluding hydrogens is 578 g/mol. The van der Waals surface area contributed by atoms with Crippen LogP contribution < -0.4 is 10.6 Å². The van der Waals surface area contributed by atoms with Crippen LogP contribution in [0.1, 0.15) is 12.0 Å². The summed E-state index contributed by atoms with van der Waals surface area (Å²) in [4.78, 5) is 48.4. The van der Waals surface area contributed by atoms with Crippen molar-refractivity contribution in [2.75, 3.05) is 31.1 Å². The average molecular weight is 602 g/mol. The molecule has 0 aliphatic carbocycles. The molecule has 16 heteroatoms. The Hall–Kier alpha value is -4.60. The van der Waals surface area contributed by atoms with Gasteiger partial charge in [0.25, 0.3) is 0 Å². The highest BCUT2D eigenvalue weighted by Crippen LogP contribution is 2.30. The standard InChI is InChI=1S/C22H20F6N4O2.C4H4O4/c23-14-6-16(25)15(24)4-11(14)3-12(29)5-21(33)30-1-2-31-13(9-30)10-32(22(31)34)20-8-18(27)17(26)7-19(20)28;5-3(6)1-2-4(7)8/h4,6-8,12-13H,1-3,5,9-10,29H2;1-2H,(H,5,6)(H,7,8)/b;2-1+/t12-,13?;/m1./s1. The molecule has 2 fully saturated rings. The van der Waals surface area contributed by atoms with E-state index in [2.05, 4.69) is 0 Å². The van der Waals surface area contributed by atoms with Gasteiger partial charge in [-0.05, 0) is 18.1 Å². The first kappa shape index (κ1) is 31.9. The minimum Gasteiger partial charge on any atom is -0.478 e. The van der Waals surface area contributed by atoms with E-state index >= 15 is 0 Å². The maximum Gasteiger partial charge on any atom is 0.328 e. The molecule has 3 amide bonds. The summed E-state index contributed by atoms with van der Waals surface area (Å²) in [5, 5.41) is 15.6. The second kappa shape index (κ2) is 13.4. The van der Waals surface area contributed by atoms with Crippen LogP contribution in [0.2, 0.25) is 0 Å². The number of aliphatic carboxylic acids is 2. The van der Waals surface area contributed by atoms with E-state index in [0.717, 1.165) is 4.90 Å². The zero-order valence-corrected chi connectivity index (χ0v) is 21.6. The van der Waals surface area contributed by atoms with E-state index in [0.29, 0.717) is 36.4 Å². The van der Waals surface area contributed by atoms with Crippen LogP contribution in [0.3, 0.4) is 0 Å². The van der Waals surface area contributed by atoms with Crippen LogP contribution in [0, 0.1) is 34.9 Å². The third-order valence-corrected chi connectivity index (χ3v) is 6.36. The van der Waals surface area contributed by atoms with Crippen LogP contribution in [0.15, 0.2) is 36.4 Å². The molecule has 10 nitrogen and oxygen atoms in total. The second-order valence-electron chi connectivity index (χ2n) is 9.33. The first-order chi connectivity index (χ1) is 19.7. The topological polar surface area (TPSA) is 144 Å². The quantitative estimate of drug-likeness (QED) is 0.251. The Morgan fingerprint density at radius 2 is 1.38 bits per heavy atom. The SMILES string of the molecule is N[C@@H](CC(=O)N1CCN2C(=O)N(c3cc(F)c(F)cc3F)CC2C1)Cc1cc(F)c(F)cc1F.O=C(O)/C=C/C(=O)O. The fraction of sp³-hybridized carbons (Fsp3) is 0.308. The lowest BCUT2D eigenvalue weighted by Gasteiger charge is -2.36. The van der Waals surface area contributed by atoms with E-state index in [4.69, 9.17) is 15.9 Å². The van der Waals surface area contributed by atoms with Gasteiger partial charge in [0, 0.05) is 62.4 Å². The molecule has 2 aromatic rings. The fourth-order valence-electron chi connectivity index (χ4n) is 4.42. The van der Waals surface area contributed by atoms with Gasteiger partial charge in [0.1, 0.15) is 11.6 Å². The lowest BCUT2D eigenvalue weighted by molar-refractivity contribution is -0.134. The largest absolute Gasteiger partial charge is 0.478 e. The molecule has 0 bridgehead atoms. The van der Waals surface area contributed by atoms with Crippen LogP contribution >= 0.6 is 0 Å². The van der Waals surface area contributed by atoms with Gasteiger partial charge in [0.05, 0.1) is 18.3 Å². The van der Waals surface area contributed by atoms with Gasteiger partial charge in [0.2, 0.25) is 5.91 Å². The molecule has 42 heavy (non-hydrogen) atoms. The van der Waals surface area contributed by atoms with Crippen molar-refractivity contribution in [2.24, 2.45) is 5.73 Å². The monoisotopic (exact) mass is 602 g/mol. The number of urea groups is 1. The van der Waals surface area contributed by atoms with Crippen LogP contribution in [-0.4, -0.2) is 82.2 Å². The van der Waals surface area contributed by atoms with Crippen molar-refractivity contribution in [3.05, 3.63) is 76.9 Å². The average Bonchev–Trinajstić information content (AvgIpc) is 3.23. The van der Waals surface area contributed by atoms with Crippen molar-refractivity contribution in [3.63, 3.8) is 0 Å². The van der Waals surface area contributed by atoms with Crippen LogP contribution in [0.4, 0.5) is 36.8 Å². The van der Waals surface area contributed by atoms with Gasteiger partial charge in [-0.2, -0.15) is 0 Å². The van der Waals surface area contributed by atoms with E-state index in [1.807, 2.05) is 0 Å². The van der Waals surface area contributed by atoms with Crippen molar-refractivity contribution in [1.29, 1.82) is 0 Å². The zero-order chi connectivity index (χ0) is 31.3. The third kappa shape index (κ3) is 7.78. The Bertz CT molecular complexity index is 1410. The van der Waals surface area contributed by atoms with Gasteiger partial charge in [-0.3, -0.25) is 9.69 Å². The van der Waals surface area contributed by atoms with Gasteiger partial charge in [-0.25, -0.2) is 40.7 Å². The molecular formula is C26H24F6N4O6. The lowest BCUT2D eigenvalue weighted by atomic mass is 10.0. The van der Waals surface area contributed by atoms with Gasteiger partial charge in [-0.1, -0.05) is 0 Å². The summed E-state index contributed by atoms with van der Waals surface area (Å²) in [6, 6.07) is 0.108. The number of piperazine rings is 1. The number of carbonyl (C=O) groups is 4. The number of hydrogen-bond acceptors (Lipinski definition) is 5. The first-order valence-electron chi connectivity index (χ1n) is 12.2. The zero-order valence-electron chi connectivity index (χ0n) is 21.6. The predicted molar refractivity (Wildman–Crippen MR) is 133 cm³/mol. The van der Waals surface area contributed by atoms with E-state index in [1.165, 1.54) is 9.80 Å². The molecule has 226 valence electrons. The Morgan fingerprint density at radius 3 is 1.98 bits per heavy atom. The van der Waals surface area contributed by atoms with E-state index in [-0.39, 0.29) is 50.5 Å². The highest BCUT2D eigenvalue weighted by Gasteiger charge is 2.43. The van der Waals surface area contributed by atoms with Gasteiger partial charge in [0.15, 0.2) is 23.3 Å². The van der Waals surface area contributed by atoms with Gasteiger partial charge in [-0.15, -0.1) is 0 Å². The Morgan fingerprint density at radius 1 is 0.833 bits per heavy atom. The van der Waals surface area contributed by atoms with E-state index in [1.54, 1.807) is 0 Å². The maximum absolute atomic E-state index is 14.2. The summed E-state index contributed by atoms with van der Waals surface area (Å²) >= 11 is 0. The molecule has 0 aromatic heterocycles. The number of carboxylic acid groups (broad SMARTS) is 2. The Labute approximate surface area is 234 Å². The number of carbonyl (C=O) groups excluding carboxylic acids is 2. The number of amides is 3. The van der Waals surface area contributed by atoms with E-state index in [9.17, 15) is 45.5 Å². The van der Waals surface area contributed by atoms with Gasteiger partial charge < -0.3 is 25.7 Å². The number of benzene rings is 2. The molecule has 2 saturated heterocycles. The molecule has 0 saturated carbocycles. The molecule has 2 aliphatic rings. The predicted octanol–water partition coefficient (Wildman–Crippen LogP) is 2.65. The van der Waals surface area contributed by atoms with Gasteiger partial charge >= 0.3 is 18.0 Å². The summed E-state index contributed by atoms with van der Waals surface area (Å²) in [5.74, 6) is -10.2. The van der Waals surface area contributed by atoms with Crippen molar-refractivity contribution < 1.29 is 55.7 Å². The highest BCUT2D eigenvalue weighted by molar-refractivity contribution is 5.95. The normalized spacial score (nSPS) is 17.2. The highest BCUT2D eigenvalue weighted by atomic mass is 19.2. The summed E-state index contributed by atoms with van der Waals surface area (Å²) in [6.07, 6.45) is 0.713. The number of nitrogens with zero attached hydrogens (tertiary/aromatic N) is 3. The summed E-state index contributed by atoms with van der Waals surface area (Å²) < 4.78 is 81.3. The molecule has 2 aromatic carbocycles. The number of anilines is 1. The number of carboxylic acids is 2. The number of nitrogens with two attached hydrogens (primary N) is 1. The minimum absolute atomic E-state index is 0.0449. The molecule has 4 N–H and O–H groups in total. The number of rotatable bonds is 7. The molecule has 2 atom stereocenters. The smallest absolute Gasteiger partial charge is 0.328 e. The maximum atomic E-state index is 14.2. The summed E-state index contributed by atoms with van der Waals surface area (Å²) in [6.45, 7) is 0.334.